The lowest BCUT2D eigenvalue weighted by atomic mass is 9.95. The maximum Gasteiger partial charge on any atom is 0.164 e. The van der Waals surface area contributed by atoms with Gasteiger partial charge >= 0.3 is 0 Å². The monoisotopic (exact) mass is 232 g/mol. The Morgan fingerprint density at radius 2 is 2.06 bits per heavy atom. The van der Waals surface area contributed by atoms with Gasteiger partial charge in [0.25, 0.3) is 0 Å². The van der Waals surface area contributed by atoms with Gasteiger partial charge in [-0.05, 0) is 13.8 Å². The van der Waals surface area contributed by atoms with E-state index >= 15 is 0 Å². The van der Waals surface area contributed by atoms with Crippen LogP contribution in [0.3, 0.4) is 0 Å². The van der Waals surface area contributed by atoms with Gasteiger partial charge in [0.2, 0.25) is 0 Å². The predicted molar refractivity (Wildman–Crippen MR) is 56.5 cm³/mol. The summed E-state index contributed by atoms with van der Waals surface area (Å²) in [6.07, 6.45) is -0.802. The van der Waals surface area contributed by atoms with Crippen LogP contribution < -0.4 is 11.5 Å². The average molecular weight is 232 g/mol. The van der Waals surface area contributed by atoms with Crippen LogP contribution in [0.1, 0.15) is 13.8 Å². The molecule has 6 nitrogen and oxygen atoms in total. The second-order valence-corrected chi connectivity index (χ2v) is 4.76. The summed E-state index contributed by atoms with van der Waals surface area (Å²) in [6, 6.07) is 0. The minimum Gasteiger partial charge on any atom is -0.374 e. The van der Waals surface area contributed by atoms with Crippen LogP contribution in [0, 0.1) is 0 Å². The van der Waals surface area contributed by atoms with Crippen molar-refractivity contribution in [2.45, 2.75) is 43.7 Å². The number of ether oxygens (including phenoxy) is 4. The summed E-state index contributed by atoms with van der Waals surface area (Å²) in [6.45, 7) is 4.28. The minimum atomic E-state index is -1.00. The van der Waals surface area contributed by atoms with Crippen LogP contribution in [-0.4, -0.2) is 50.1 Å². The van der Waals surface area contributed by atoms with Gasteiger partial charge in [-0.2, -0.15) is 0 Å². The maximum absolute atomic E-state index is 6.05. The fraction of sp³-hybridized carbons (Fsp3) is 1.00. The van der Waals surface area contributed by atoms with E-state index in [0.29, 0.717) is 6.61 Å². The first-order valence-corrected chi connectivity index (χ1v) is 5.43. The molecule has 0 saturated carbocycles. The van der Waals surface area contributed by atoms with Gasteiger partial charge in [0.05, 0.1) is 6.61 Å². The Balaban J connectivity index is 2.20. The van der Waals surface area contributed by atoms with Crippen LogP contribution >= 0.6 is 0 Å². The second kappa shape index (κ2) is 3.90. The third kappa shape index (κ3) is 1.85. The lowest BCUT2D eigenvalue weighted by Crippen LogP contribution is -2.68. The van der Waals surface area contributed by atoms with Gasteiger partial charge in [-0.25, -0.2) is 0 Å². The predicted octanol–water partition coefficient (Wildman–Crippen LogP) is -0.835. The van der Waals surface area contributed by atoms with Crippen LogP contribution in [0.4, 0.5) is 0 Å². The summed E-state index contributed by atoms with van der Waals surface area (Å²) in [4.78, 5) is 0. The molecule has 0 bridgehead atoms. The Morgan fingerprint density at radius 3 is 2.62 bits per heavy atom. The Kier molecular flexibility index (Phi) is 2.98. The highest BCUT2D eigenvalue weighted by molar-refractivity contribution is 5.01. The molecule has 0 aromatic heterocycles. The molecule has 2 saturated heterocycles. The van der Waals surface area contributed by atoms with Gasteiger partial charge in [0.15, 0.2) is 11.5 Å². The Bertz CT molecular complexity index is 274. The molecule has 6 heteroatoms. The first-order chi connectivity index (χ1) is 7.42. The van der Waals surface area contributed by atoms with Crippen molar-refractivity contribution < 1.29 is 18.9 Å². The van der Waals surface area contributed by atoms with Gasteiger partial charge in [-0.1, -0.05) is 0 Å². The summed E-state index contributed by atoms with van der Waals surface area (Å²) < 4.78 is 22.4. The van der Waals surface area contributed by atoms with Crippen LogP contribution in [0.2, 0.25) is 0 Å². The Hall–Kier alpha value is -0.240. The van der Waals surface area contributed by atoms with Crippen molar-refractivity contribution in [3.05, 3.63) is 0 Å². The molecule has 0 spiro atoms. The molecule has 2 rings (SSSR count). The first-order valence-electron chi connectivity index (χ1n) is 5.43. The summed E-state index contributed by atoms with van der Waals surface area (Å²) in [5.41, 5.74) is 10.7. The van der Waals surface area contributed by atoms with E-state index in [1.807, 2.05) is 13.8 Å². The molecule has 4 N–H and O–H groups in total. The molecule has 0 radical (unpaired) electrons. The molecule has 2 unspecified atom stereocenters. The third-order valence-corrected chi connectivity index (χ3v) is 3.09. The number of methoxy groups -OCH3 is 1. The molecule has 0 aromatic rings. The summed E-state index contributed by atoms with van der Waals surface area (Å²) in [7, 11) is 1.57. The van der Waals surface area contributed by atoms with Gasteiger partial charge in [-0.15, -0.1) is 0 Å². The summed E-state index contributed by atoms with van der Waals surface area (Å²) in [5.74, 6) is -0.630. The second-order valence-electron chi connectivity index (χ2n) is 4.76. The van der Waals surface area contributed by atoms with Gasteiger partial charge in [0.1, 0.15) is 18.3 Å². The SMILES string of the molecule is COC1C2OC(C)(C)O[C@@H]2CO[C@@]1(N)CN. The molecule has 16 heavy (non-hydrogen) atoms. The zero-order valence-electron chi connectivity index (χ0n) is 9.93. The van der Waals surface area contributed by atoms with Crippen molar-refractivity contribution in [1.82, 2.24) is 0 Å². The van der Waals surface area contributed by atoms with E-state index in [9.17, 15) is 0 Å². The van der Waals surface area contributed by atoms with Crippen LogP contribution in [0.25, 0.3) is 0 Å². The quantitative estimate of drug-likeness (QED) is 0.645. The van der Waals surface area contributed by atoms with Crippen molar-refractivity contribution >= 4 is 0 Å². The zero-order valence-corrected chi connectivity index (χ0v) is 9.93. The molecule has 0 amide bonds. The zero-order chi connectivity index (χ0) is 12.0. The normalized spacial score (nSPS) is 46.7. The highest BCUT2D eigenvalue weighted by atomic mass is 16.8. The maximum atomic E-state index is 6.05. The van der Waals surface area contributed by atoms with E-state index in [4.69, 9.17) is 30.4 Å². The molecule has 94 valence electrons. The average Bonchev–Trinajstić information content (AvgIpc) is 2.52. The van der Waals surface area contributed by atoms with Crippen LogP contribution in [-0.2, 0) is 18.9 Å². The van der Waals surface area contributed by atoms with Crippen molar-refractivity contribution in [1.29, 1.82) is 0 Å². The fourth-order valence-corrected chi connectivity index (χ4v) is 2.35. The summed E-state index contributed by atoms with van der Waals surface area (Å²) in [5, 5.41) is 0. The molecular formula is C10H20N2O4. The molecule has 0 aliphatic carbocycles. The van der Waals surface area contributed by atoms with Crippen LogP contribution in [0.15, 0.2) is 0 Å². The Labute approximate surface area is 95.1 Å². The van der Waals surface area contributed by atoms with Gasteiger partial charge < -0.3 is 30.4 Å². The third-order valence-electron chi connectivity index (χ3n) is 3.09. The fourth-order valence-electron chi connectivity index (χ4n) is 2.35. The van der Waals surface area contributed by atoms with Gasteiger partial charge in [-0.3, -0.25) is 0 Å². The van der Waals surface area contributed by atoms with E-state index in [1.54, 1.807) is 7.11 Å². The molecule has 2 aliphatic rings. The summed E-state index contributed by atoms with van der Waals surface area (Å²) >= 11 is 0. The van der Waals surface area contributed by atoms with E-state index in [2.05, 4.69) is 0 Å². The number of fused-ring (bicyclic) bond motifs is 1. The van der Waals surface area contributed by atoms with E-state index < -0.39 is 17.6 Å². The highest BCUT2D eigenvalue weighted by Crippen LogP contribution is 2.37. The van der Waals surface area contributed by atoms with Crippen molar-refractivity contribution in [2.24, 2.45) is 11.5 Å². The number of rotatable bonds is 2. The van der Waals surface area contributed by atoms with E-state index in [-0.39, 0.29) is 18.8 Å². The smallest absolute Gasteiger partial charge is 0.164 e. The van der Waals surface area contributed by atoms with Crippen molar-refractivity contribution in [3.8, 4) is 0 Å². The van der Waals surface area contributed by atoms with E-state index in [0.717, 1.165) is 0 Å². The number of nitrogens with two attached hydrogens (primary N) is 2. The van der Waals surface area contributed by atoms with Gasteiger partial charge in [0, 0.05) is 13.7 Å². The minimum absolute atomic E-state index is 0.150. The standard InChI is InChI=1S/C10H20N2O4/c1-9(2)15-6-4-14-10(12,5-11)8(13-3)7(6)16-9/h6-8H,4-5,11-12H2,1-3H3/t6-,7?,8?,10+/m1/s1. The lowest BCUT2D eigenvalue weighted by molar-refractivity contribution is -0.213. The molecule has 2 heterocycles. The lowest BCUT2D eigenvalue weighted by Gasteiger charge is -2.43. The Morgan fingerprint density at radius 1 is 1.38 bits per heavy atom. The highest BCUT2D eigenvalue weighted by Gasteiger charge is 2.55. The molecule has 4 atom stereocenters. The molecular weight excluding hydrogens is 212 g/mol. The van der Waals surface area contributed by atoms with Crippen molar-refractivity contribution in [3.63, 3.8) is 0 Å². The van der Waals surface area contributed by atoms with Crippen molar-refractivity contribution in [2.75, 3.05) is 20.3 Å². The first kappa shape index (κ1) is 12.2. The molecule has 2 fully saturated rings. The number of hydrogen-bond acceptors (Lipinski definition) is 6. The molecule has 0 aromatic carbocycles. The number of hydrogen-bond donors (Lipinski definition) is 2. The molecule has 2 aliphatic heterocycles. The largest absolute Gasteiger partial charge is 0.374 e. The van der Waals surface area contributed by atoms with E-state index in [1.165, 1.54) is 0 Å². The topological polar surface area (TPSA) is 89.0 Å². The van der Waals surface area contributed by atoms with Crippen LogP contribution in [0.5, 0.6) is 0 Å².